The Labute approximate surface area is 141 Å². The van der Waals surface area contributed by atoms with E-state index < -0.39 is 0 Å². The van der Waals surface area contributed by atoms with Crippen LogP contribution in [-0.2, 0) is 0 Å². The highest BCUT2D eigenvalue weighted by atomic mass is 16.7. The van der Waals surface area contributed by atoms with Crippen LogP contribution >= 0.6 is 0 Å². The van der Waals surface area contributed by atoms with E-state index in [-0.39, 0.29) is 6.79 Å². The van der Waals surface area contributed by atoms with Gasteiger partial charge in [-0.25, -0.2) is 0 Å². The molecule has 24 heavy (non-hydrogen) atoms. The van der Waals surface area contributed by atoms with E-state index in [0.717, 1.165) is 28.2 Å². The second kappa shape index (κ2) is 6.74. The second-order valence-corrected chi connectivity index (χ2v) is 5.35. The molecule has 0 fully saturated rings. The van der Waals surface area contributed by atoms with Gasteiger partial charge in [-0.2, -0.15) is 0 Å². The Morgan fingerprint density at radius 3 is 2.21 bits per heavy atom. The maximum atomic E-state index is 5.44. The lowest BCUT2D eigenvalue weighted by Gasteiger charge is -2.13. The third-order valence-electron chi connectivity index (χ3n) is 3.90. The molecule has 0 saturated carbocycles. The zero-order chi connectivity index (χ0) is 17.1. The van der Waals surface area contributed by atoms with Gasteiger partial charge in [0.15, 0.2) is 23.0 Å². The first kappa shape index (κ1) is 16.1. The van der Waals surface area contributed by atoms with Crippen molar-refractivity contribution in [3.05, 3.63) is 41.5 Å². The fraction of sp³-hybridized carbons (Fsp3) is 0.263. The number of allylic oxidation sites excluding steroid dienone is 1. The van der Waals surface area contributed by atoms with Gasteiger partial charge in [0, 0.05) is 0 Å². The van der Waals surface area contributed by atoms with Crippen molar-refractivity contribution in [2.24, 2.45) is 0 Å². The van der Waals surface area contributed by atoms with Crippen LogP contribution in [-0.4, -0.2) is 28.1 Å². The van der Waals surface area contributed by atoms with Gasteiger partial charge in [0.05, 0.1) is 21.3 Å². The van der Waals surface area contributed by atoms with Crippen LogP contribution in [0.4, 0.5) is 0 Å². The van der Waals surface area contributed by atoms with Crippen LogP contribution in [0.1, 0.15) is 18.1 Å². The molecular weight excluding hydrogens is 308 g/mol. The molecule has 0 atom stereocenters. The Bertz CT molecular complexity index is 754. The fourth-order valence-corrected chi connectivity index (χ4v) is 2.66. The smallest absolute Gasteiger partial charge is 0.231 e. The first-order chi connectivity index (χ1) is 11.7. The Morgan fingerprint density at radius 2 is 1.58 bits per heavy atom. The molecule has 5 heteroatoms. The molecule has 0 saturated heterocycles. The van der Waals surface area contributed by atoms with Gasteiger partial charge in [0.2, 0.25) is 12.5 Å². The summed E-state index contributed by atoms with van der Waals surface area (Å²) in [6.45, 7) is 2.31. The standard InChI is InChI=1S/C19H20O5/c1-12(14-5-6-15-16(10-14)24-11-23-15)7-13-8-17(20-2)19(22-4)18(9-13)21-3/h5-10H,11H2,1-4H3/b12-7-. The Morgan fingerprint density at radius 1 is 0.917 bits per heavy atom. The maximum absolute atomic E-state index is 5.44. The van der Waals surface area contributed by atoms with Crippen LogP contribution in [0.2, 0.25) is 0 Å². The normalized spacial score (nSPS) is 12.9. The predicted molar refractivity (Wildman–Crippen MR) is 92.2 cm³/mol. The van der Waals surface area contributed by atoms with Crippen LogP contribution in [0.5, 0.6) is 28.7 Å². The van der Waals surface area contributed by atoms with Gasteiger partial charge in [-0.3, -0.25) is 0 Å². The highest BCUT2D eigenvalue weighted by Gasteiger charge is 2.15. The van der Waals surface area contributed by atoms with Crippen molar-refractivity contribution >= 4 is 11.6 Å². The third-order valence-corrected chi connectivity index (χ3v) is 3.90. The van der Waals surface area contributed by atoms with E-state index >= 15 is 0 Å². The lowest BCUT2D eigenvalue weighted by atomic mass is 10.0. The largest absolute Gasteiger partial charge is 0.493 e. The molecule has 0 spiro atoms. The predicted octanol–water partition coefficient (Wildman–Crippen LogP) is 4.00. The van der Waals surface area contributed by atoms with Crippen molar-refractivity contribution in [3.8, 4) is 28.7 Å². The monoisotopic (exact) mass is 328 g/mol. The average Bonchev–Trinajstić information content (AvgIpc) is 3.08. The van der Waals surface area contributed by atoms with Crippen molar-refractivity contribution in [1.29, 1.82) is 0 Å². The molecule has 2 aromatic carbocycles. The van der Waals surface area contributed by atoms with Crippen molar-refractivity contribution in [3.63, 3.8) is 0 Å². The summed E-state index contributed by atoms with van der Waals surface area (Å²) in [4.78, 5) is 0. The van der Waals surface area contributed by atoms with Gasteiger partial charge in [-0.15, -0.1) is 0 Å². The summed E-state index contributed by atoms with van der Waals surface area (Å²) in [6.07, 6.45) is 2.06. The van der Waals surface area contributed by atoms with Crippen LogP contribution in [0.3, 0.4) is 0 Å². The van der Waals surface area contributed by atoms with Crippen LogP contribution in [0.25, 0.3) is 11.6 Å². The summed E-state index contributed by atoms with van der Waals surface area (Å²) in [5, 5.41) is 0. The van der Waals surface area contributed by atoms with Crippen LogP contribution in [0, 0.1) is 0 Å². The van der Waals surface area contributed by atoms with Gasteiger partial charge in [-0.05, 0) is 47.9 Å². The van der Waals surface area contributed by atoms with Crippen molar-refractivity contribution < 1.29 is 23.7 Å². The maximum Gasteiger partial charge on any atom is 0.231 e. The topological polar surface area (TPSA) is 46.2 Å². The van der Waals surface area contributed by atoms with Crippen molar-refractivity contribution in [2.45, 2.75) is 6.92 Å². The van der Waals surface area contributed by atoms with E-state index in [9.17, 15) is 0 Å². The summed E-state index contributed by atoms with van der Waals surface area (Å²) in [7, 11) is 4.80. The molecule has 0 unspecified atom stereocenters. The molecular formula is C19H20O5. The number of methoxy groups -OCH3 is 3. The molecule has 0 amide bonds. The van der Waals surface area contributed by atoms with E-state index in [1.807, 2.05) is 37.3 Å². The van der Waals surface area contributed by atoms with Gasteiger partial charge in [0.25, 0.3) is 0 Å². The second-order valence-electron chi connectivity index (χ2n) is 5.35. The van der Waals surface area contributed by atoms with Gasteiger partial charge in [-0.1, -0.05) is 12.1 Å². The molecule has 1 aliphatic heterocycles. The Hall–Kier alpha value is -2.82. The van der Waals surface area contributed by atoms with Crippen molar-refractivity contribution in [2.75, 3.05) is 28.1 Å². The number of benzene rings is 2. The number of rotatable bonds is 5. The van der Waals surface area contributed by atoms with E-state index in [2.05, 4.69) is 6.08 Å². The molecule has 0 N–H and O–H groups in total. The van der Waals surface area contributed by atoms with Gasteiger partial charge >= 0.3 is 0 Å². The summed E-state index contributed by atoms with van der Waals surface area (Å²) < 4.78 is 26.9. The SMILES string of the molecule is COc1cc(/C=C(/C)c2ccc3c(c2)OCO3)cc(OC)c1OC. The van der Waals surface area contributed by atoms with Crippen LogP contribution < -0.4 is 23.7 Å². The first-order valence-corrected chi connectivity index (χ1v) is 7.54. The molecule has 5 nitrogen and oxygen atoms in total. The minimum atomic E-state index is 0.272. The minimum absolute atomic E-state index is 0.272. The summed E-state index contributed by atoms with van der Waals surface area (Å²) in [6, 6.07) is 9.74. The molecule has 1 aliphatic rings. The number of hydrogen-bond donors (Lipinski definition) is 0. The van der Waals surface area contributed by atoms with E-state index in [0.29, 0.717) is 17.2 Å². The molecule has 0 aromatic heterocycles. The fourth-order valence-electron chi connectivity index (χ4n) is 2.66. The molecule has 1 heterocycles. The molecule has 0 aliphatic carbocycles. The zero-order valence-corrected chi connectivity index (χ0v) is 14.2. The lowest BCUT2D eigenvalue weighted by molar-refractivity contribution is 0.174. The van der Waals surface area contributed by atoms with E-state index in [1.165, 1.54) is 0 Å². The van der Waals surface area contributed by atoms with Gasteiger partial charge in [0.1, 0.15) is 0 Å². The summed E-state index contributed by atoms with van der Waals surface area (Å²) >= 11 is 0. The first-order valence-electron chi connectivity index (χ1n) is 7.54. The minimum Gasteiger partial charge on any atom is -0.493 e. The molecule has 0 radical (unpaired) electrons. The quantitative estimate of drug-likeness (QED) is 0.776. The zero-order valence-electron chi connectivity index (χ0n) is 14.2. The summed E-state index contributed by atoms with van der Waals surface area (Å²) in [5.41, 5.74) is 3.11. The van der Waals surface area contributed by atoms with Crippen molar-refractivity contribution in [1.82, 2.24) is 0 Å². The molecule has 2 aromatic rings. The lowest BCUT2D eigenvalue weighted by Crippen LogP contribution is -1.95. The van der Waals surface area contributed by atoms with Crippen LogP contribution in [0.15, 0.2) is 30.3 Å². The van der Waals surface area contributed by atoms with Gasteiger partial charge < -0.3 is 23.7 Å². The highest BCUT2D eigenvalue weighted by Crippen LogP contribution is 2.39. The molecule has 126 valence electrons. The molecule has 3 rings (SSSR count). The summed E-state index contributed by atoms with van der Waals surface area (Å²) in [5.74, 6) is 3.38. The Balaban J connectivity index is 1.98. The third kappa shape index (κ3) is 2.97. The highest BCUT2D eigenvalue weighted by molar-refractivity contribution is 5.82. The molecule has 0 bridgehead atoms. The average molecular weight is 328 g/mol. The Kier molecular flexibility index (Phi) is 4.51. The number of fused-ring (bicyclic) bond motifs is 1. The number of ether oxygens (including phenoxy) is 5. The number of hydrogen-bond acceptors (Lipinski definition) is 5. The van der Waals surface area contributed by atoms with E-state index in [4.69, 9.17) is 23.7 Å². The van der Waals surface area contributed by atoms with E-state index in [1.54, 1.807) is 21.3 Å².